The number of benzene rings is 2. The zero-order valence-electron chi connectivity index (χ0n) is 13.3. The molecule has 4 nitrogen and oxygen atoms in total. The number of aromatic amines is 1. The van der Waals surface area contributed by atoms with E-state index in [1.165, 1.54) is 0 Å². The molecule has 0 saturated carbocycles. The van der Waals surface area contributed by atoms with Gasteiger partial charge in [0, 0.05) is 41.0 Å². The number of ether oxygens (including phenoxy) is 1. The first-order chi connectivity index (χ1) is 11.1. The quantitative estimate of drug-likeness (QED) is 0.787. The van der Waals surface area contributed by atoms with E-state index in [9.17, 15) is 4.79 Å². The van der Waals surface area contributed by atoms with E-state index in [2.05, 4.69) is 4.98 Å². The van der Waals surface area contributed by atoms with Crippen molar-refractivity contribution in [2.75, 3.05) is 21.2 Å². The van der Waals surface area contributed by atoms with Crippen LogP contribution in [0.4, 0.5) is 0 Å². The molecule has 0 aliphatic rings. The third kappa shape index (κ3) is 3.05. The van der Waals surface area contributed by atoms with Crippen LogP contribution in [-0.2, 0) is 0 Å². The molecule has 0 aliphatic heterocycles. The van der Waals surface area contributed by atoms with Gasteiger partial charge in [-0.05, 0) is 30.3 Å². The summed E-state index contributed by atoms with van der Waals surface area (Å²) in [6, 6.07) is 13.6. The number of fused-ring (bicyclic) bond motifs is 1. The van der Waals surface area contributed by atoms with Gasteiger partial charge in [0.1, 0.15) is 5.75 Å². The Balaban J connectivity index is 2.01. The third-order valence-corrected chi connectivity index (χ3v) is 4.73. The predicted octanol–water partition coefficient (Wildman–Crippen LogP) is 4.03. The second-order valence-corrected chi connectivity index (χ2v) is 6.45. The van der Waals surface area contributed by atoms with Crippen LogP contribution in [0.15, 0.2) is 58.5 Å². The number of hydrogen-bond donors (Lipinski definition) is 1. The van der Waals surface area contributed by atoms with E-state index >= 15 is 0 Å². The van der Waals surface area contributed by atoms with E-state index in [4.69, 9.17) is 4.74 Å². The van der Waals surface area contributed by atoms with E-state index in [0.717, 1.165) is 26.4 Å². The summed E-state index contributed by atoms with van der Waals surface area (Å²) in [6.45, 7) is 0. The lowest BCUT2D eigenvalue weighted by Gasteiger charge is -2.13. The molecule has 2 aromatic carbocycles. The summed E-state index contributed by atoms with van der Waals surface area (Å²) < 4.78 is 5.31. The maximum absolute atomic E-state index is 12.3. The van der Waals surface area contributed by atoms with Gasteiger partial charge in [-0.15, -0.1) is 0 Å². The normalized spacial score (nSPS) is 10.7. The SMILES string of the molecule is COc1ccc2[nH]cc(Sc3ccccc3C(=O)N(C)C)c2c1. The Hall–Kier alpha value is -2.40. The maximum Gasteiger partial charge on any atom is 0.254 e. The fraction of sp³-hybridized carbons (Fsp3) is 0.167. The summed E-state index contributed by atoms with van der Waals surface area (Å²) in [5.41, 5.74) is 1.75. The Morgan fingerprint density at radius 1 is 1.13 bits per heavy atom. The number of aromatic nitrogens is 1. The van der Waals surface area contributed by atoms with Crippen molar-refractivity contribution in [1.29, 1.82) is 0 Å². The lowest BCUT2D eigenvalue weighted by molar-refractivity contribution is 0.0824. The number of nitrogens with zero attached hydrogens (tertiary/aromatic N) is 1. The van der Waals surface area contributed by atoms with E-state index in [1.54, 1.807) is 37.9 Å². The van der Waals surface area contributed by atoms with Crippen LogP contribution in [0, 0.1) is 0 Å². The number of nitrogens with one attached hydrogen (secondary N) is 1. The van der Waals surface area contributed by atoms with Gasteiger partial charge < -0.3 is 14.6 Å². The Morgan fingerprint density at radius 3 is 2.65 bits per heavy atom. The zero-order valence-corrected chi connectivity index (χ0v) is 14.1. The highest BCUT2D eigenvalue weighted by Crippen LogP contribution is 2.36. The number of hydrogen-bond acceptors (Lipinski definition) is 3. The van der Waals surface area contributed by atoms with Gasteiger partial charge in [0.25, 0.3) is 5.91 Å². The van der Waals surface area contributed by atoms with Gasteiger partial charge in [-0.2, -0.15) is 0 Å². The van der Waals surface area contributed by atoms with E-state index in [0.29, 0.717) is 5.56 Å². The van der Waals surface area contributed by atoms with Crippen LogP contribution in [0.25, 0.3) is 10.9 Å². The summed E-state index contributed by atoms with van der Waals surface area (Å²) >= 11 is 1.58. The van der Waals surface area contributed by atoms with Crippen molar-refractivity contribution < 1.29 is 9.53 Å². The van der Waals surface area contributed by atoms with Crippen LogP contribution in [0.5, 0.6) is 5.75 Å². The molecular weight excluding hydrogens is 308 g/mol. The fourth-order valence-corrected chi connectivity index (χ4v) is 3.42. The lowest BCUT2D eigenvalue weighted by Crippen LogP contribution is -2.22. The standard InChI is InChI=1S/C18H18N2O2S/c1-20(2)18(21)13-6-4-5-7-16(13)23-17-11-19-15-9-8-12(22-3)10-14(15)17/h4-11,19H,1-3H3. The molecule has 1 N–H and O–H groups in total. The Bertz CT molecular complexity index is 855. The molecule has 3 aromatic rings. The first kappa shape index (κ1) is 15.5. The van der Waals surface area contributed by atoms with Crippen LogP contribution in [0.3, 0.4) is 0 Å². The second kappa shape index (κ2) is 6.38. The van der Waals surface area contributed by atoms with Crippen molar-refractivity contribution in [2.45, 2.75) is 9.79 Å². The van der Waals surface area contributed by atoms with Crippen molar-refractivity contribution >= 4 is 28.6 Å². The van der Waals surface area contributed by atoms with E-state index < -0.39 is 0 Å². The fourth-order valence-electron chi connectivity index (χ4n) is 2.38. The molecule has 0 spiro atoms. The summed E-state index contributed by atoms with van der Waals surface area (Å²) in [5, 5.41) is 1.08. The Kier molecular flexibility index (Phi) is 4.30. The number of amides is 1. The lowest BCUT2D eigenvalue weighted by atomic mass is 10.2. The van der Waals surface area contributed by atoms with Crippen LogP contribution in [0.1, 0.15) is 10.4 Å². The van der Waals surface area contributed by atoms with Crippen molar-refractivity contribution in [3.8, 4) is 5.75 Å². The number of rotatable bonds is 4. The highest BCUT2D eigenvalue weighted by Gasteiger charge is 2.15. The van der Waals surface area contributed by atoms with E-state index in [-0.39, 0.29) is 5.91 Å². The number of carbonyl (C=O) groups is 1. The molecule has 0 atom stereocenters. The number of methoxy groups -OCH3 is 1. The minimum atomic E-state index is 0.00511. The van der Waals surface area contributed by atoms with Gasteiger partial charge in [-0.25, -0.2) is 0 Å². The smallest absolute Gasteiger partial charge is 0.254 e. The average molecular weight is 326 g/mol. The molecule has 23 heavy (non-hydrogen) atoms. The van der Waals surface area contributed by atoms with Gasteiger partial charge in [-0.3, -0.25) is 4.79 Å². The van der Waals surface area contributed by atoms with Gasteiger partial charge in [-0.1, -0.05) is 23.9 Å². The molecule has 1 amide bonds. The largest absolute Gasteiger partial charge is 0.497 e. The van der Waals surface area contributed by atoms with Crippen molar-refractivity contribution in [2.24, 2.45) is 0 Å². The van der Waals surface area contributed by atoms with E-state index in [1.807, 2.05) is 48.7 Å². The first-order valence-corrected chi connectivity index (χ1v) is 8.05. The molecule has 0 saturated heterocycles. The number of H-pyrrole nitrogens is 1. The minimum Gasteiger partial charge on any atom is -0.497 e. The molecular formula is C18H18N2O2S. The Morgan fingerprint density at radius 2 is 1.91 bits per heavy atom. The molecule has 0 aliphatic carbocycles. The monoisotopic (exact) mass is 326 g/mol. The third-order valence-electron chi connectivity index (χ3n) is 3.59. The molecule has 0 fully saturated rings. The van der Waals surface area contributed by atoms with Crippen molar-refractivity contribution in [1.82, 2.24) is 9.88 Å². The second-order valence-electron chi connectivity index (χ2n) is 5.36. The molecule has 1 aromatic heterocycles. The summed E-state index contributed by atoms with van der Waals surface area (Å²) in [7, 11) is 5.19. The molecule has 0 bridgehead atoms. The average Bonchev–Trinajstić information content (AvgIpc) is 2.96. The van der Waals surface area contributed by atoms with Gasteiger partial charge in [0.2, 0.25) is 0 Å². The minimum absolute atomic E-state index is 0.00511. The van der Waals surface area contributed by atoms with Crippen LogP contribution < -0.4 is 4.74 Å². The van der Waals surface area contributed by atoms with Gasteiger partial charge >= 0.3 is 0 Å². The highest BCUT2D eigenvalue weighted by molar-refractivity contribution is 7.99. The first-order valence-electron chi connectivity index (χ1n) is 7.24. The zero-order chi connectivity index (χ0) is 16.4. The predicted molar refractivity (Wildman–Crippen MR) is 93.4 cm³/mol. The van der Waals surface area contributed by atoms with Gasteiger partial charge in [0.15, 0.2) is 0 Å². The molecule has 3 rings (SSSR count). The topological polar surface area (TPSA) is 45.3 Å². The molecule has 1 heterocycles. The van der Waals surface area contributed by atoms with Crippen LogP contribution in [0.2, 0.25) is 0 Å². The van der Waals surface area contributed by atoms with Crippen molar-refractivity contribution in [3.63, 3.8) is 0 Å². The molecule has 0 unspecified atom stereocenters. The summed E-state index contributed by atoms with van der Waals surface area (Å²) in [6.07, 6.45) is 1.96. The molecule has 118 valence electrons. The molecule has 0 radical (unpaired) electrons. The van der Waals surface area contributed by atoms with Crippen molar-refractivity contribution in [3.05, 3.63) is 54.2 Å². The summed E-state index contributed by atoms with van der Waals surface area (Å²) in [4.78, 5) is 19.2. The number of carbonyl (C=O) groups excluding carboxylic acids is 1. The maximum atomic E-state index is 12.3. The summed E-state index contributed by atoms with van der Waals surface area (Å²) in [5.74, 6) is 0.821. The molecule has 5 heteroatoms. The van der Waals surface area contributed by atoms with Gasteiger partial charge in [0.05, 0.1) is 12.7 Å². The van der Waals surface area contributed by atoms with Crippen LogP contribution in [-0.4, -0.2) is 37.0 Å². The van der Waals surface area contributed by atoms with Crippen LogP contribution >= 0.6 is 11.8 Å². The Labute approximate surface area is 139 Å². The highest BCUT2D eigenvalue weighted by atomic mass is 32.2.